The first-order valence-corrected chi connectivity index (χ1v) is 6.01. The second-order valence-corrected chi connectivity index (χ2v) is 4.79. The summed E-state index contributed by atoms with van der Waals surface area (Å²) in [7, 11) is 0. The Hall–Kier alpha value is -1.61. The molecule has 0 saturated heterocycles. The molecule has 2 aromatic heterocycles. The molecule has 0 spiro atoms. The highest BCUT2D eigenvalue weighted by Crippen LogP contribution is 2.30. The van der Waals surface area contributed by atoms with Gasteiger partial charge < -0.3 is 17.2 Å². The third-order valence-electron chi connectivity index (χ3n) is 1.66. The smallest absolute Gasteiger partial charge is 0.221 e. The van der Waals surface area contributed by atoms with Crippen LogP contribution in [0.1, 0.15) is 0 Å². The summed E-state index contributed by atoms with van der Waals surface area (Å²) in [5.74, 6) is 0.781. The second-order valence-electron chi connectivity index (χ2n) is 2.98. The summed E-state index contributed by atoms with van der Waals surface area (Å²) in [5.41, 5.74) is 16.6. The summed E-state index contributed by atoms with van der Waals surface area (Å²) >= 11 is 4.50. The Morgan fingerprint density at radius 1 is 1.06 bits per heavy atom. The average molecular weight is 314 g/mol. The quantitative estimate of drug-likeness (QED) is 0.551. The van der Waals surface area contributed by atoms with Crippen LogP contribution in [0.2, 0.25) is 0 Å². The number of hydrogen-bond acceptors (Lipinski definition) is 8. The van der Waals surface area contributed by atoms with Gasteiger partial charge in [0.15, 0.2) is 5.16 Å². The highest BCUT2D eigenvalue weighted by atomic mass is 79.9. The fraction of sp³-hybridized carbons (Fsp3) is 0. The van der Waals surface area contributed by atoms with Crippen LogP contribution in [-0.2, 0) is 0 Å². The normalized spacial score (nSPS) is 10.4. The van der Waals surface area contributed by atoms with Crippen molar-refractivity contribution in [1.29, 1.82) is 0 Å². The van der Waals surface area contributed by atoms with Crippen LogP contribution < -0.4 is 17.2 Å². The van der Waals surface area contributed by atoms with Crippen molar-refractivity contribution in [3.63, 3.8) is 0 Å². The lowest BCUT2D eigenvalue weighted by Gasteiger charge is -2.04. The number of nitrogens with two attached hydrogens (primary N) is 3. The third-order valence-corrected chi connectivity index (χ3v) is 3.38. The number of halogens is 1. The molecule has 7 nitrogen and oxygen atoms in total. The lowest BCUT2D eigenvalue weighted by Crippen LogP contribution is -2.00. The monoisotopic (exact) mass is 313 g/mol. The van der Waals surface area contributed by atoms with Crippen LogP contribution in [0.15, 0.2) is 26.9 Å². The van der Waals surface area contributed by atoms with Crippen molar-refractivity contribution in [3.05, 3.63) is 16.7 Å². The lowest BCUT2D eigenvalue weighted by molar-refractivity contribution is 0.969. The van der Waals surface area contributed by atoms with E-state index in [0.29, 0.717) is 26.3 Å². The van der Waals surface area contributed by atoms with Crippen LogP contribution in [0.4, 0.5) is 17.6 Å². The summed E-state index contributed by atoms with van der Waals surface area (Å²) in [6, 6.07) is 1.48. The summed E-state index contributed by atoms with van der Waals surface area (Å²) in [6.45, 7) is 0. The van der Waals surface area contributed by atoms with Gasteiger partial charge in [-0.1, -0.05) is 0 Å². The highest BCUT2D eigenvalue weighted by Gasteiger charge is 2.09. The molecule has 2 heterocycles. The largest absolute Gasteiger partial charge is 0.383 e. The minimum atomic E-state index is 0.174. The van der Waals surface area contributed by atoms with Crippen LogP contribution in [0.3, 0.4) is 0 Å². The number of nitrogens with zero attached hydrogens (tertiary/aromatic N) is 4. The molecule has 6 N–H and O–H groups in total. The molecular weight excluding hydrogens is 306 g/mol. The molecule has 0 aliphatic rings. The second kappa shape index (κ2) is 4.72. The van der Waals surface area contributed by atoms with Crippen molar-refractivity contribution < 1.29 is 0 Å². The van der Waals surface area contributed by atoms with E-state index in [1.54, 1.807) is 6.20 Å². The van der Waals surface area contributed by atoms with Crippen LogP contribution in [0.5, 0.6) is 0 Å². The van der Waals surface area contributed by atoms with E-state index in [4.69, 9.17) is 17.2 Å². The first kappa shape index (κ1) is 11.9. The Balaban J connectivity index is 2.34. The molecule has 0 fully saturated rings. The number of rotatable bonds is 2. The minimum absolute atomic E-state index is 0.174. The lowest BCUT2D eigenvalue weighted by atomic mass is 10.5. The zero-order chi connectivity index (χ0) is 12.4. The van der Waals surface area contributed by atoms with E-state index < -0.39 is 0 Å². The third kappa shape index (κ3) is 2.94. The molecule has 2 aromatic rings. The predicted molar refractivity (Wildman–Crippen MR) is 69.1 cm³/mol. The van der Waals surface area contributed by atoms with Crippen LogP contribution in [-0.4, -0.2) is 19.9 Å². The van der Waals surface area contributed by atoms with E-state index in [1.807, 2.05) is 0 Å². The molecule has 0 bridgehead atoms. The van der Waals surface area contributed by atoms with Gasteiger partial charge in [-0.2, -0.15) is 0 Å². The van der Waals surface area contributed by atoms with Crippen molar-refractivity contribution in [2.75, 3.05) is 17.2 Å². The molecule has 0 aliphatic carbocycles. The molecule has 17 heavy (non-hydrogen) atoms. The highest BCUT2D eigenvalue weighted by molar-refractivity contribution is 9.10. The zero-order valence-corrected chi connectivity index (χ0v) is 10.9. The topological polar surface area (TPSA) is 130 Å². The fourth-order valence-corrected chi connectivity index (χ4v) is 2.23. The van der Waals surface area contributed by atoms with E-state index in [2.05, 4.69) is 35.9 Å². The summed E-state index contributed by atoms with van der Waals surface area (Å²) in [6.07, 6.45) is 1.56. The van der Waals surface area contributed by atoms with Gasteiger partial charge in [0, 0.05) is 12.3 Å². The number of aromatic nitrogens is 4. The Morgan fingerprint density at radius 3 is 2.35 bits per heavy atom. The molecule has 0 saturated carbocycles. The van der Waals surface area contributed by atoms with Gasteiger partial charge in [-0.3, -0.25) is 0 Å². The van der Waals surface area contributed by atoms with Crippen LogP contribution in [0.25, 0.3) is 0 Å². The van der Waals surface area contributed by atoms with Crippen molar-refractivity contribution in [2.24, 2.45) is 0 Å². The van der Waals surface area contributed by atoms with E-state index in [-0.39, 0.29) is 5.95 Å². The van der Waals surface area contributed by atoms with Crippen molar-refractivity contribution in [1.82, 2.24) is 19.9 Å². The maximum absolute atomic E-state index is 5.57. The van der Waals surface area contributed by atoms with Gasteiger partial charge in [0.1, 0.15) is 16.7 Å². The van der Waals surface area contributed by atoms with Crippen molar-refractivity contribution in [2.45, 2.75) is 10.2 Å². The molecule has 9 heteroatoms. The van der Waals surface area contributed by atoms with Crippen molar-refractivity contribution >= 4 is 45.3 Å². The predicted octanol–water partition coefficient (Wildman–Crippen LogP) is 0.927. The first-order chi connectivity index (χ1) is 8.04. The minimum Gasteiger partial charge on any atom is -0.383 e. The maximum atomic E-state index is 5.57. The molecule has 0 amide bonds. The zero-order valence-electron chi connectivity index (χ0n) is 8.46. The van der Waals surface area contributed by atoms with Gasteiger partial charge in [0.25, 0.3) is 0 Å². The van der Waals surface area contributed by atoms with Gasteiger partial charge in [-0.05, 0) is 27.7 Å². The molecular formula is C8H8BrN7S. The van der Waals surface area contributed by atoms with E-state index in [9.17, 15) is 0 Å². The Bertz CT molecular complexity index is 541. The molecule has 0 aliphatic heterocycles. The Labute approximate surface area is 109 Å². The molecule has 0 radical (unpaired) electrons. The van der Waals surface area contributed by atoms with E-state index in [0.717, 1.165) is 0 Å². The summed E-state index contributed by atoms with van der Waals surface area (Å²) in [5, 5.41) is 1.00. The Morgan fingerprint density at radius 2 is 1.71 bits per heavy atom. The van der Waals surface area contributed by atoms with Gasteiger partial charge in [-0.25, -0.2) is 19.9 Å². The van der Waals surface area contributed by atoms with Crippen LogP contribution >= 0.6 is 27.7 Å². The molecule has 0 atom stereocenters. The first-order valence-electron chi connectivity index (χ1n) is 4.40. The maximum Gasteiger partial charge on any atom is 0.221 e. The number of hydrogen-bond donors (Lipinski definition) is 3. The Kier molecular flexibility index (Phi) is 3.29. The average Bonchev–Trinajstić information content (AvgIpc) is 2.22. The number of anilines is 3. The van der Waals surface area contributed by atoms with Gasteiger partial charge >= 0.3 is 0 Å². The van der Waals surface area contributed by atoms with Crippen LogP contribution in [0, 0.1) is 0 Å². The van der Waals surface area contributed by atoms with Gasteiger partial charge in [-0.15, -0.1) is 0 Å². The van der Waals surface area contributed by atoms with Gasteiger partial charge in [0.05, 0.1) is 4.47 Å². The molecule has 2 rings (SSSR count). The standard InChI is InChI=1S/C8H8BrN7S/c9-3-2-13-7(12)16-6(3)17-8-14-4(10)1-5(11)15-8/h1-2H,(H2,12,13,16)(H4,10,11,14,15). The van der Waals surface area contributed by atoms with Crippen molar-refractivity contribution in [3.8, 4) is 0 Å². The van der Waals surface area contributed by atoms with Gasteiger partial charge in [0.2, 0.25) is 5.95 Å². The fourth-order valence-electron chi connectivity index (χ4n) is 1.03. The molecule has 88 valence electrons. The number of nitrogen functional groups attached to an aromatic ring is 3. The SMILES string of the molecule is Nc1cc(N)nc(Sc2nc(N)ncc2Br)n1. The summed E-state index contributed by atoms with van der Waals surface area (Å²) in [4.78, 5) is 15.9. The van der Waals surface area contributed by atoms with E-state index in [1.165, 1.54) is 17.8 Å². The summed E-state index contributed by atoms with van der Waals surface area (Å²) < 4.78 is 0.696. The van der Waals surface area contributed by atoms with E-state index >= 15 is 0 Å². The molecule has 0 unspecified atom stereocenters. The molecule has 0 aromatic carbocycles.